The van der Waals surface area contributed by atoms with Gasteiger partial charge in [0.2, 0.25) is 5.43 Å². The highest BCUT2D eigenvalue weighted by Crippen LogP contribution is 2.21. The fraction of sp³-hybridized carbons (Fsp3) is 0.541. The van der Waals surface area contributed by atoms with Crippen molar-refractivity contribution >= 4 is 15.9 Å². The Labute approximate surface area is 263 Å². The van der Waals surface area contributed by atoms with Crippen LogP contribution in [0.3, 0.4) is 0 Å². The average molecular weight is 639 g/mol. The van der Waals surface area contributed by atoms with Crippen molar-refractivity contribution in [3.05, 3.63) is 88.3 Å². The fourth-order valence-electron chi connectivity index (χ4n) is 5.28. The number of rotatable bonds is 23. The molecular formula is C37H52BrNO3. The summed E-state index contributed by atoms with van der Waals surface area (Å²) in [6.45, 7) is 3.39. The minimum absolute atomic E-state index is 0.0694. The van der Waals surface area contributed by atoms with Gasteiger partial charge in [-0.15, -0.1) is 0 Å². The van der Waals surface area contributed by atoms with Crippen LogP contribution in [-0.2, 0) is 11.9 Å². The van der Waals surface area contributed by atoms with Gasteiger partial charge < -0.3 is 14.0 Å². The maximum Gasteiger partial charge on any atom is 0.223 e. The van der Waals surface area contributed by atoms with E-state index in [4.69, 9.17) is 9.47 Å². The van der Waals surface area contributed by atoms with E-state index in [1.165, 1.54) is 89.9 Å². The summed E-state index contributed by atoms with van der Waals surface area (Å²) in [5.74, 6) is 1.22. The molecule has 0 unspecified atom stereocenters. The number of hydrogen-bond acceptors (Lipinski definition) is 3. The van der Waals surface area contributed by atoms with Gasteiger partial charge in [-0.3, -0.25) is 4.79 Å². The summed E-state index contributed by atoms with van der Waals surface area (Å²) in [4.78, 5) is 12.7. The lowest BCUT2D eigenvalue weighted by atomic mass is 10.0. The molecule has 42 heavy (non-hydrogen) atoms. The summed E-state index contributed by atoms with van der Waals surface area (Å²) < 4.78 is 13.9. The van der Waals surface area contributed by atoms with E-state index in [9.17, 15) is 4.79 Å². The number of benzene rings is 2. The van der Waals surface area contributed by atoms with Crippen LogP contribution in [0, 0.1) is 0 Å². The third-order valence-corrected chi connectivity index (χ3v) is 8.43. The number of pyridine rings is 1. The number of aromatic nitrogens is 1. The molecule has 0 aliphatic carbocycles. The molecule has 2 aromatic carbocycles. The van der Waals surface area contributed by atoms with Crippen molar-refractivity contribution in [3.8, 4) is 17.2 Å². The highest BCUT2D eigenvalue weighted by molar-refractivity contribution is 9.08. The highest BCUT2D eigenvalue weighted by Gasteiger charge is 2.09. The third-order valence-electron chi connectivity index (χ3n) is 7.85. The molecule has 0 N–H and O–H groups in total. The van der Waals surface area contributed by atoms with Gasteiger partial charge in [-0.25, -0.2) is 0 Å². The molecule has 4 nitrogen and oxygen atoms in total. The molecule has 5 heteroatoms. The van der Waals surface area contributed by atoms with Crippen molar-refractivity contribution in [1.82, 2.24) is 4.57 Å². The molecule has 0 radical (unpaired) electrons. The summed E-state index contributed by atoms with van der Waals surface area (Å²) >= 11 is 3.53. The summed E-state index contributed by atoms with van der Waals surface area (Å²) in [7, 11) is 0. The van der Waals surface area contributed by atoms with Gasteiger partial charge in [-0.05, 0) is 36.2 Å². The standard InChI is InChI=1S/C37H52BrNO3/c1-2-3-4-5-6-7-8-9-10-11-12-13-14-15-16-20-27-41-37-30-39(34(29-38)28-36(37)40)33-23-25-35(26-24-33)42-31-32-21-18-17-19-22-32/h17-19,21-26,28,30H,2-16,20,27,29,31H2,1H3. The fourth-order valence-corrected chi connectivity index (χ4v) is 5.72. The van der Waals surface area contributed by atoms with Gasteiger partial charge in [0.25, 0.3) is 0 Å². The Balaban J connectivity index is 1.31. The maximum absolute atomic E-state index is 12.7. The molecule has 0 saturated carbocycles. The number of alkyl halides is 1. The van der Waals surface area contributed by atoms with Gasteiger partial charge in [0, 0.05) is 22.8 Å². The Kier molecular flexibility index (Phi) is 17.1. The van der Waals surface area contributed by atoms with E-state index >= 15 is 0 Å². The first-order valence-corrected chi connectivity index (χ1v) is 17.5. The molecule has 0 saturated heterocycles. The number of unbranched alkanes of at least 4 members (excludes halogenated alkanes) is 15. The SMILES string of the molecule is CCCCCCCCCCCCCCCCCCOc1cn(-c2ccc(OCc3ccccc3)cc2)c(CBr)cc1=O. The minimum atomic E-state index is -0.0694. The van der Waals surface area contributed by atoms with Gasteiger partial charge in [0.15, 0.2) is 5.75 Å². The van der Waals surface area contributed by atoms with E-state index in [1.54, 1.807) is 6.07 Å². The highest BCUT2D eigenvalue weighted by atomic mass is 79.9. The lowest BCUT2D eigenvalue weighted by Crippen LogP contribution is -2.14. The predicted molar refractivity (Wildman–Crippen MR) is 180 cm³/mol. The summed E-state index contributed by atoms with van der Waals surface area (Å²) in [5.41, 5.74) is 2.91. The molecule has 1 aromatic heterocycles. The predicted octanol–water partition coefficient (Wildman–Crippen LogP) is 11.0. The molecule has 3 aromatic rings. The van der Waals surface area contributed by atoms with Gasteiger partial charge in [0.05, 0.1) is 12.8 Å². The molecule has 0 atom stereocenters. The van der Waals surface area contributed by atoms with Crippen molar-refractivity contribution in [1.29, 1.82) is 0 Å². The summed E-state index contributed by atoms with van der Waals surface area (Å²) in [6, 6.07) is 19.8. The Morgan fingerprint density at radius 3 is 1.76 bits per heavy atom. The van der Waals surface area contributed by atoms with Gasteiger partial charge in [-0.1, -0.05) is 149 Å². The van der Waals surface area contributed by atoms with Crippen LogP contribution >= 0.6 is 15.9 Å². The molecule has 3 rings (SSSR count). The third kappa shape index (κ3) is 13.2. The van der Waals surface area contributed by atoms with E-state index in [-0.39, 0.29) is 5.43 Å². The van der Waals surface area contributed by atoms with Crippen molar-refractivity contribution in [2.24, 2.45) is 0 Å². The van der Waals surface area contributed by atoms with Crippen LogP contribution in [0.1, 0.15) is 121 Å². The Bertz CT molecular complexity index is 1160. The van der Waals surface area contributed by atoms with Crippen molar-refractivity contribution in [3.63, 3.8) is 0 Å². The second kappa shape index (κ2) is 21.2. The molecule has 230 valence electrons. The van der Waals surface area contributed by atoms with E-state index < -0.39 is 0 Å². The second-order valence-electron chi connectivity index (χ2n) is 11.4. The first-order valence-electron chi connectivity index (χ1n) is 16.4. The quantitative estimate of drug-likeness (QED) is 0.0766. The molecule has 1 heterocycles. The molecule has 0 aliphatic heterocycles. The van der Waals surface area contributed by atoms with E-state index in [2.05, 4.69) is 35.0 Å². The van der Waals surface area contributed by atoms with Crippen molar-refractivity contribution in [2.75, 3.05) is 6.61 Å². The van der Waals surface area contributed by atoms with Crippen LogP contribution in [0.4, 0.5) is 0 Å². The van der Waals surface area contributed by atoms with Crippen LogP contribution in [0.2, 0.25) is 0 Å². The number of ether oxygens (including phenoxy) is 2. The Hall–Kier alpha value is -2.53. The molecule has 0 aliphatic rings. The zero-order valence-corrected chi connectivity index (χ0v) is 27.4. The lowest BCUT2D eigenvalue weighted by molar-refractivity contribution is 0.299. The molecule has 0 spiro atoms. The normalized spacial score (nSPS) is 11.1. The van der Waals surface area contributed by atoms with Gasteiger partial charge >= 0.3 is 0 Å². The monoisotopic (exact) mass is 637 g/mol. The summed E-state index contributed by atoms with van der Waals surface area (Å²) in [6.07, 6.45) is 23.3. The smallest absolute Gasteiger partial charge is 0.223 e. The van der Waals surface area contributed by atoms with Gasteiger partial charge in [0.1, 0.15) is 12.4 Å². The lowest BCUT2D eigenvalue weighted by Gasteiger charge is -2.15. The number of hydrogen-bond donors (Lipinski definition) is 0. The van der Waals surface area contributed by atoms with Gasteiger partial charge in [-0.2, -0.15) is 0 Å². The second-order valence-corrected chi connectivity index (χ2v) is 12.0. The first kappa shape index (κ1) is 34.0. The van der Waals surface area contributed by atoms with E-state index in [1.807, 2.05) is 53.2 Å². The topological polar surface area (TPSA) is 40.5 Å². The van der Waals surface area contributed by atoms with Crippen LogP contribution in [-0.4, -0.2) is 11.2 Å². The minimum Gasteiger partial charge on any atom is -0.489 e. The molecular weight excluding hydrogens is 586 g/mol. The van der Waals surface area contributed by atoms with Crippen LogP contribution in [0.15, 0.2) is 71.7 Å². The zero-order valence-electron chi connectivity index (χ0n) is 25.8. The Morgan fingerprint density at radius 2 is 1.21 bits per heavy atom. The largest absolute Gasteiger partial charge is 0.489 e. The van der Waals surface area contributed by atoms with E-state index in [0.717, 1.165) is 35.5 Å². The first-order chi connectivity index (χ1) is 20.7. The van der Waals surface area contributed by atoms with Crippen LogP contribution in [0.5, 0.6) is 11.5 Å². The Morgan fingerprint density at radius 1 is 0.667 bits per heavy atom. The van der Waals surface area contributed by atoms with Crippen molar-refractivity contribution in [2.45, 2.75) is 122 Å². The van der Waals surface area contributed by atoms with Crippen LogP contribution in [0.25, 0.3) is 5.69 Å². The average Bonchev–Trinajstić information content (AvgIpc) is 3.02. The molecule has 0 bridgehead atoms. The zero-order chi connectivity index (χ0) is 29.7. The van der Waals surface area contributed by atoms with Crippen LogP contribution < -0.4 is 14.9 Å². The number of halogens is 1. The maximum atomic E-state index is 12.7. The van der Waals surface area contributed by atoms with Crippen molar-refractivity contribution < 1.29 is 9.47 Å². The molecule has 0 amide bonds. The van der Waals surface area contributed by atoms with E-state index in [0.29, 0.717) is 24.3 Å². The molecule has 0 fully saturated rings. The summed E-state index contributed by atoms with van der Waals surface area (Å²) in [5, 5.41) is 0.577. The number of nitrogens with zero attached hydrogens (tertiary/aromatic N) is 1.